The first-order valence-corrected chi connectivity index (χ1v) is 5.87. The lowest BCUT2D eigenvalue weighted by Gasteiger charge is -2.13. The molecular weight excluding hydrogens is 218 g/mol. The van der Waals surface area contributed by atoms with Crippen molar-refractivity contribution in [3.05, 3.63) is 17.5 Å². The number of aromatic carboxylic acids is 1. The summed E-state index contributed by atoms with van der Waals surface area (Å²) in [4.78, 5) is 19.0. The van der Waals surface area contributed by atoms with Crippen LogP contribution in [-0.4, -0.2) is 27.6 Å². The molecule has 0 atom stereocenters. The van der Waals surface area contributed by atoms with Crippen molar-refractivity contribution in [3.8, 4) is 0 Å². The van der Waals surface area contributed by atoms with Crippen LogP contribution in [0.3, 0.4) is 0 Å². The summed E-state index contributed by atoms with van der Waals surface area (Å²) >= 11 is 0. The number of aromatic nitrogens is 2. The maximum absolute atomic E-state index is 10.8. The minimum atomic E-state index is -0.985. The summed E-state index contributed by atoms with van der Waals surface area (Å²) in [5.41, 5.74) is 1.08. The maximum Gasteiger partial charge on any atom is 0.339 e. The normalized spacial score (nSPS) is 16.6. The first-order valence-electron chi connectivity index (χ1n) is 5.87. The van der Waals surface area contributed by atoms with E-state index < -0.39 is 5.97 Å². The Kier molecular flexibility index (Phi) is 3.00. The summed E-state index contributed by atoms with van der Waals surface area (Å²) in [6, 6.07) is 0. The van der Waals surface area contributed by atoms with E-state index in [2.05, 4.69) is 22.2 Å². The summed E-state index contributed by atoms with van der Waals surface area (Å²) in [5.74, 6) is -0.464. The van der Waals surface area contributed by atoms with Crippen LogP contribution in [0.2, 0.25) is 0 Å². The molecule has 1 aromatic heterocycles. The molecule has 1 aliphatic carbocycles. The number of carbonyl (C=O) groups is 1. The van der Waals surface area contributed by atoms with Crippen LogP contribution in [0.4, 0.5) is 5.95 Å². The van der Waals surface area contributed by atoms with Gasteiger partial charge in [0.1, 0.15) is 0 Å². The third-order valence-corrected chi connectivity index (χ3v) is 3.54. The van der Waals surface area contributed by atoms with Gasteiger partial charge in [0.15, 0.2) is 0 Å². The van der Waals surface area contributed by atoms with E-state index in [1.165, 1.54) is 19.0 Å². The SMILES string of the molecule is CCC1(CNc2ncc(C(=O)O)c(C)n2)CC1. The molecular formula is C12H17N3O2. The molecule has 17 heavy (non-hydrogen) atoms. The molecule has 1 aliphatic rings. The highest BCUT2D eigenvalue weighted by Crippen LogP contribution is 2.48. The first-order chi connectivity index (χ1) is 8.06. The van der Waals surface area contributed by atoms with Gasteiger partial charge in [-0.05, 0) is 31.6 Å². The average Bonchev–Trinajstić information content (AvgIpc) is 3.07. The van der Waals surface area contributed by atoms with Gasteiger partial charge in [-0.15, -0.1) is 0 Å². The van der Waals surface area contributed by atoms with E-state index in [1.54, 1.807) is 6.92 Å². The predicted octanol–water partition coefficient (Wildman–Crippen LogP) is 2.09. The Balaban J connectivity index is 2.03. The lowest BCUT2D eigenvalue weighted by atomic mass is 10.0. The summed E-state index contributed by atoms with van der Waals surface area (Å²) in [6.07, 6.45) is 5.02. The van der Waals surface area contributed by atoms with Crippen molar-refractivity contribution in [3.63, 3.8) is 0 Å². The zero-order chi connectivity index (χ0) is 12.5. The molecule has 1 fully saturated rings. The maximum atomic E-state index is 10.8. The van der Waals surface area contributed by atoms with Crippen LogP contribution in [0, 0.1) is 12.3 Å². The van der Waals surface area contributed by atoms with Gasteiger partial charge in [-0.2, -0.15) is 0 Å². The molecule has 1 saturated carbocycles. The molecule has 5 nitrogen and oxygen atoms in total. The molecule has 2 N–H and O–H groups in total. The number of hydrogen-bond acceptors (Lipinski definition) is 4. The van der Waals surface area contributed by atoms with Crippen LogP contribution >= 0.6 is 0 Å². The van der Waals surface area contributed by atoms with Crippen molar-refractivity contribution in [1.82, 2.24) is 9.97 Å². The van der Waals surface area contributed by atoms with E-state index in [-0.39, 0.29) is 5.56 Å². The molecule has 0 aliphatic heterocycles. The average molecular weight is 235 g/mol. The Labute approximate surface area is 100 Å². The lowest BCUT2D eigenvalue weighted by Crippen LogP contribution is -2.17. The van der Waals surface area contributed by atoms with E-state index in [0.717, 1.165) is 13.0 Å². The van der Waals surface area contributed by atoms with Gasteiger partial charge in [-0.3, -0.25) is 0 Å². The number of anilines is 1. The minimum Gasteiger partial charge on any atom is -0.478 e. The largest absolute Gasteiger partial charge is 0.478 e. The molecule has 0 spiro atoms. The smallest absolute Gasteiger partial charge is 0.339 e. The number of hydrogen-bond donors (Lipinski definition) is 2. The van der Waals surface area contributed by atoms with E-state index in [4.69, 9.17) is 5.11 Å². The summed E-state index contributed by atoms with van der Waals surface area (Å²) in [7, 11) is 0. The van der Waals surface area contributed by atoms with Crippen LogP contribution in [0.25, 0.3) is 0 Å². The standard InChI is InChI=1S/C12H17N3O2/c1-3-12(4-5-12)7-14-11-13-6-9(10(16)17)8(2)15-11/h6H,3-5,7H2,1-2H3,(H,16,17)(H,13,14,15). The fraction of sp³-hybridized carbons (Fsp3) is 0.583. The molecule has 0 aromatic carbocycles. The summed E-state index contributed by atoms with van der Waals surface area (Å²) in [6.45, 7) is 4.74. The highest BCUT2D eigenvalue weighted by atomic mass is 16.4. The Morgan fingerprint density at radius 2 is 2.29 bits per heavy atom. The van der Waals surface area contributed by atoms with Crippen LogP contribution < -0.4 is 5.32 Å². The van der Waals surface area contributed by atoms with Gasteiger partial charge in [0.25, 0.3) is 0 Å². The number of carboxylic acid groups (broad SMARTS) is 1. The van der Waals surface area contributed by atoms with Crippen molar-refractivity contribution in [2.45, 2.75) is 33.1 Å². The monoisotopic (exact) mass is 235 g/mol. The number of carboxylic acids is 1. The molecule has 5 heteroatoms. The Hall–Kier alpha value is -1.65. The minimum absolute atomic E-state index is 0.159. The molecule has 0 saturated heterocycles. The van der Waals surface area contributed by atoms with Crippen molar-refractivity contribution in [2.75, 3.05) is 11.9 Å². The van der Waals surface area contributed by atoms with Gasteiger partial charge in [0.2, 0.25) is 5.95 Å². The van der Waals surface area contributed by atoms with Crippen molar-refractivity contribution in [2.24, 2.45) is 5.41 Å². The quantitative estimate of drug-likeness (QED) is 0.817. The molecule has 1 heterocycles. The first kappa shape index (κ1) is 11.8. The van der Waals surface area contributed by atoms with Gasteiger partial charge < -0.3 is 10.4 Å². The van der Waals surface area contributed by atoms with Crippen molar-refractivity contribution < 1.29 is 9.90 Å². The summed E-state index contributed by atoms with van der Waals surface area (Å²) in [5, 5.41) is 12.1. The second kappa shape index (κ2) is 4.31. The molecule has 0 radical (unpaired) electrons. The highest BCUT2D eigenvalue weighted by molar-refractivity contribution is 5.88. The highest BCUT2D eigenvalue weighted by Gasteiger charge is 2.40. The zero-order valence-electron chi connectivity index (χ0n) is 10.2. The van der Waals surface area contributed by atoms with Crippen LogP contribution in [0.15, 0.2) is 6.20 Å². The third kappa shape index (κ3) is 2.54. The molecule has 2 rings (SSSR count). The van der Waals surface area contributed by atoms with Gasteiger partial charge in [0.05, 0.1) is 11.3 Å². The second-order valence-corrected chi connectivity index (χ2v) is 4.70. The molecule has 0 bridgehead atoms. The lowest BCUT2D eigenvalue weighted by molar-refractivity contribution is 0.0695. The predicted molar refractivity (Wildman–Crippen MR) is 64.2 cm³/mol. The number of rotatable bonds is 5. The van der Waals surface area contributed by atoms with Gasteiger partial charge >= 0.3 is 5.97 Å². The Morgan fingerprint density at radius 3 is 2.76 bits per heavy atom. The van der Waals surface area contributed by atoms with Crippen LogP contribution in [-0.2, 0) is 0 Å². The van der Waals surface area contributed by atoms with E-state index >= 15 is 0 Å². The van der Waals surface area contributed by atoms with Gasteiger partial charge in [0, 0.05) is 12.7 Å². The fourth-order valence-corrected chi connectivity index (χ4v) is 1.86. The molecule has 92 valence electrons. The van der Waals surface area contributed by atoms with E-state index in [1.807, 2.05) is 0 Å². The Bertz CT molecular complexity index is 441. The van der Waals surface area contributed by atoms with Crippen LogP contribution in [0.5, 0.6) is 0 Å². The summed E-state index contributed by atoms with van der Waals surface area (Å²) < 4.78 is 0. The van der Waals surface area contributed by atoms with Gasteiger partial charge in [-0.25, -0.2) is 14.8 Å². The zero-order valence-corrected chi connectivity index (χ0v) is 10.2. The Morgan fingerprint density at radius 1 is 1.59 bits per heavy atom. The van der Waals surface area contributed by atoms with Crippen molar-refractivity contribution >= 4 is 11.9 Å². The van der Waals surface area contributed by atoms with E-state index in [0.29, 0.717) is 17.1 Å². The molecule has 0 unspecified atom stereocenters. The topological polar surface area (TPSA) is 75.1 Å². The number of aryl methyl sites for hydroxylation is 1. The third-order valence-electron chi connectivity index (χ3n) is 3.54. The number of nitrogens with zero attached hydrogens (tertiary/aromatic N) is 2. The second-order valence-electron chi connectivity index (χ2n) is 4.70. The molecule has 1 aromatic rings. The van der Waals surface area contributed by atoms with Gasteiger partial charge in [-0.1, -0.05) is 6.92 Å². The van der Waals surface area contributed by atoms with Crippen LogP contribution in [0.1, 0.15) is 42.2 Å². The van der Waals surface area contributed by atoms with E-state index in [9.17, 15) is 4.79 Å². The molecule has 0 amide bonds. The number of nitrogens with one attached hydrogen (secondary N) is 1. The fourth-order valence-electron chi connectivity index (χ4n) is 1.86. The van der Waals surface area contributed by atoms with Crippen molar-refractivity contribution in [1.29, 1.82) is 0 Å².